The summed E-state index contributed by atoms with van der Waals surface area (Å²) < 4.78 is 0. The van der Waals surface area contributed by atoms with Gasteiger partial charge in [-0.05, 0) is 31.2 Å². The lowest BCUT2D eigenvalue weighted by Gasteiger charge is -2.23. The highest BCUT2D eigenvalue weighted by Gasteiger charge is 2.14. The molecular formula is C14H21ClN2O2. The Bertz CT molecular complexity index is 435. The van der Waals surface area contributed by atoms with E-state index in [9.17, 15) is 9.90 Å². The molecule has 0 fully saturated rings. The lowest BCUT2D eigenvalue weighted by Crippen LogP contribution is -2.36. The van der Waals surface area contributed by atoms with Crippen molar-refractivity contribution in [2.24, 2.45) is 0 Å². The number of likely N-dealkylation sites (N-methyl/N-ethyl adjacent to an activating group) is 1. The van der Waals surface area contributed by atoms with Gasteiger partial charge in [-0.2, -0.15) is 0 Å². The van der Waals surface area contributed by atoms with Crippen LogP contribution in [0.4, 0.5) is 0 Å². The molecule has 1 N–H and O–H groups in total. The first-order valence-electron chi connectivity index (χ1n) is 6.34. The van der Waals surface area contributed by atoms with Crippen LogP contribution in [0.2, 0.25) is 5.02 Å². The van der Waals surface area contributed by atoms with Crippen LogP contribution in [0.15, 0.2) is 18.2 Å². The minimum absolute atomic E-state index is 0.0509. The molecule has 0 saturated heterocycles. The fourth-order valence-electron chi connectivity index (χ4n) is 1.78. The summed E-state index contributed by atoms with van der Waals surface area (Å²) in [7, 11) is 3.48. The van der Waals surface area contributed by atoms with Crippen LogP contribution >= 0.6 is 11.6 Å². The topological polar surface area (TPSA) is 43.8 Å². The van der Waals surface area contributed by atoms with Gasteiger partial charge >= 0.3 is 0 Å². The van der Waals surface area contributed by atoms with Crippen LogP contribution in [-0.2, 0) is 11.3 Å². The number of phenolic OH excluding ortho intramolecular Hbond substituents is 1. The monoisotopic (exact) mass is 284 g/mol. The molecule has 4 nitrogen and oxygen atoms in total. The maximum Gasteiger partial charge on any atom is 0.236 e. The molecule has 0 aromatic heterocycles. The predicted octanol–water partition coefficient (Wildman–Crippen LogP) is 2.35. The van der Waals surface area contributed by atoms with Crippen LogP contribution in [0.5, 0.6) is 5.75 Å². The Balaban J connectivity index is 2.77. The Labute approximate surface area is 119 Å². The fourth-order valence-corrected chi connectivity index (χ4v) is 1.98. The second-order valence-corrected chi connectivity index (χ2v) is 5.21. The van der Waals surface area contributed by atoms with Crippen LogP contribution < -0.4 is 0 Å². The van der Waals surface area contributed by atoms with Gasteiger partial charge in [0.2, 0.25) is 5.91 Å². The van der Waals surface area contributed by atoms with E-state index in [1.165, 1.54) is 0 Å². The van der Waals surface area contributed by atoms with Crippen molar-refractivity contribution in [3.05, 3.63) is 28.8 Å². The zero-order valence-electron chi connectivity index (χ0n) is 11.7. The number of rotatable bonds is 6. The third-order valence-electron chi connectivity index (χ3n) is 2.83. The molecule has 0 bridgehead atoms. The van der Waals surface area contributed by atoms with Gasteiger partial charge in [-0.1, -0.05) is 18.5 Å². The number of hydrogen-bond donors (Lipinski definition) is 1. The summed E-state index contributed by atoms with van der Waals surface area (Å²) in [6.45, 7) is 3.71. The van der Waals surface area contributed by atoms with E-state index in [0.717, 1.165) is 18.5 Å². The summed E-state index contributed by atoms with van der Waals surface area (Å²) in [5.74, 6) is 0.262. The van der Waals surface area contributed by atoms with Crippen molar-refractivity contribution in [1.82, 2.24) is 9.80 Å². The first kappa shape index (κ1) is 15.8. The molecule has 106 valence electrons. The van der Waals surface area contributed by atoms with E-state index >= 15 is 0 Å². The van der Waals surface area contributed by atoms with Gasteiger partial charge in [0, 0.05) is 31.2 Å². The summed E-state index contributed by atoms with van der Waals surface area (Å²) >= 11 is 5.93. The number of benzene rings is 1. The molecule has 0 aliphatic heterocycles. The Morgan fingerprint density at radius 3 is 2.63 bits per heavy atom. The molecule has 1 rings (SSSR count). The van der Waals surface area contributed by atoms with Crippen molar-refractivity contribution in [2.75, 3.05) is 27.2 Å². The van der Waals surface area contributed by atoms with E-state index in [1.54, 1.807) is 37.2 Å². The van der Waals surface area contributed by atoms with Crippen LogP contribution in [0.25, 0.3) is 0 Å². The minimum Gasteiger partial charge on any atom is -0.508 e. The van der Waals surface area contributed by atoms with Gasteiger partial charge in [0.1, 0.15) is 5.75 Å². The van der Waals surface area contributed by atoms with E-state index in [1.807, 2.05) is 4.90 Å². The zero-order valence-corrected chi connectivity index (χ0v) is 12.4. The molecule has 0 spiro atoms. The number of nitrogens with zero attached hydrogens (tertiary/aromatic N) is 2. The molecule has 1 aromatic carbocycles. The number of amides is 1. The molecule has 0 saturated carbocycles. The molecule has 1 aromatic rings. The van der Waals surface area contributed by atoms with E-state index in [2.05, 4.69) is 6.92 Å². The first-order valence-corrected chi connectivity index (χ1v) is 6.71. The third-order valence-corrected chi connectivity index (χ3v) is 3.07. The number of halogens is 1. The molecule has 0 heterocycles. The molecule has 5 heteroatoms. The number of carbonyl (C=O) groups excluding carboxylic acids is 1. The van der Waals surface area contributed by atoms with E-state index < -0.39 is 0 Å². The third kappa shape index (κ3) is 5.09. The maximum absolute atomic E-state index is 11.8. The Hall–Kier alpha value is -1.26. The van der Waals surface area contributed by atoms with Crippen LogP contribution in [0.3, 0.4) is 0 Å². The molecule has 0 aliphatic carbocycles. The number of aromatic hydroxyl groups is 1. The maximum atomic E-state index is 11.8. The van der Waals surface area contributed by atoms with Gasteiger partial charge < -0.3 is 10.0 Å². The van der Waals surface area contributed by atoms with Crippen molar-refractivity contribution in [2.45, 2.75) is 19.9 Å². The SMILES string of the molecule is CCCN(CC(=O)N(C)C)Cc1cc(Cl)ccc1O. The van der Waals surface area contributed by atoms with Gasteiger partial charge in [0.05, 0.1) is 6.54 Å². The lowest BCUT2D eigenvalue weighted by molar-refractivity contribution is -0.130. The van der Waals surface area contributed by atoms with Crippen LogP contribution in [0, 0.1) is 0 Å². The van der Waals surface area contributed by atoms with Gasteiger partial charge in [0.25, 0.3) is 0 Å². The van der Waals surface area contributed by atoms with Gasteiger partial charge in [-0.3, -0.25) is 9.69 Å². The highest BCUT2D eigenvalue weighted by Crippen LogP contribution is 2.23. The standard InChI is InChI=1S/C14H21ClN2O2/c1-4-7-17(10-14(19)16(2)3)9-11-8-12(15)5-6-13(11)18/h5-6,8,18H,4,7,9-10H2,1-3H3. The average molecular weight is 285 g/mol. The number of carbonyl (C=O) groups is 1. The summed E-state index contributed by atoms with van der Waals surface area (Å²) in [5.41, 5.74) is 0.743. The summed E-state index contributed by atoms with van der Waals surface area (Å²) in [6.07, 6.45) is 0.946. The van der Waals surface area contributed by atoms with Crippen molar-refractivity contribution in [1.29, 1.82) is 0 Å². The largest absolute Gasteiger partial charge is 0.508 e. The highest BCUT2D eigenvalue weighted by molar-refractivity contribution is 6.30. The molecule has 0 atom stereocenters. The second-order valence-electron chi connectivity index (χ2n) is 4.77. The molecule has 1 amide bonds. The van der Waals surface area contributed by atoms with E-state index in [-0.39, 0.29) is 11.7 Å². The Morgan fingerprint density at radius 1 is 1.37 bits per heavy atom. The smallest absolute Gasteiger partial charge is 0.236 e. The molecule has 0 radical (unpaired) electrons. The van der Waals surface area contributed by atoms with Crippen molar-refractivity contribution >= 4 is 17.5 Å². The normalized spacial score (nSPS) is 10.8. The van der Waals surface area contributed by atoms with Gasteiger partial charge in [0.15, 0.2) is 0 Å². The fraction of sp³-hybridized carbons (Fsp3) is 0.500. The van der Waals surface area contributed by atoms with E-state index in [4.69, 9.17) is 11.6 Å². The number of phenols is 1. The summed E-state index contributed by atoms with van der Waals surface area (Å²) in [4.78, 5) is 15.3. The molecule has 19 heavy (non-hydrogen) atoms. The quantitative estimate of drug-likeness (QED) is 0.872. The summed E-state index contributed by atoms with van der Waals surface area (Å²) in [5, 5.41) is 10.4. The Morgan fingerprint density at radius 2 is 2.05 bits per heavy atom. The first-order chi connectivity index (χ1) is 8.93. The Kier molecular flexibility index (Phi) is 6.12. The van der Waals surface area contributed by atoms with E-state index in [0.29, 0.717) is 18.1 Å². The lowest BCUT2D eigenvalue weighted by atomic mass is 10.2. The molecule has 0 unspecified atom stereocenters. The predicted molar refractivity (Wildman–Crippen MR) is 77.4 cm³/mol. The van der Waals surface area contributed by atoms with Crippen LogP contribution in [0.1, 0.15) is 18.9 Å². The van der Waals surface area contributed by atoms with Crippen molar-refractivity contribution in [3.63, 3.8) is 0 Å². The number of hydrogen-bond acceptors (Lipinski definition) is 3. The second kappa shape index (κ2) is 7.36. The summed E-state index contributed by atoms with van der Waals surface area (Å²) in [6, 6.07) is 4.96. The van der Waals surface area contributed by atoms with Crippen molar-refractivity contribution in [3.8, 4) is 5.75 Å². The zero-order chi connectivity index (χ0) is 14.4. The van der Waals surface area contributed by atoms with Crippen LogP contribution in [-0.4, -0.2) is 48.0 Å². The molecule has 0 aliphatic rings. The van der Waals surface area contributed by atoms with Gasteiger partial charge in [-0.25, -0.2) is 0 Å². The highest BCUT2D eigenvalue weighted by atomic mass is 35.5. The minimum atomic E-state index is 0.0509. The average Bonchev–Trinajstić information content (AvgIpc) is 2.34. The van der Waals surface area contributed by atoms with Gasteiger partial charge in [-0.15, -0.1) is 0 Å². The van der Waals surface area contributed by atoms with Crippen molar-refractivity contribution < 1.29 is 9.90 Å². The molecular weight excluding hydrogens is 264 g/mol.